The number of hydrogen-bond donors (Lipinski definition) is 3. The SMILES string of the molecule is C=CCN(CC=C)C(=O)C(Cl)Cl.CCOCN(C(=O)CCl)c1c(C)cccc1CC.COC(=O)CSc1cc(/N=c2\sc(=O)n3n2CCCC3)c(F)cc1Cl.C[S+](C)C.O=C(O)CNCP(=O)([O-])O. The molecule has 1 unspecified atom stereocenters. The predicted octanol–water partition coefficient (Wildman–Crippen LogP) is 6.57. The van der Waals surface area contributed by atoms with Gasteiger partial charge in [-0.25, -0.2) is 14.1 Å². The predicted molar refractivity (Wildman–Crippen MR) is 278 cm³/mol. The lowest BCUT2D eigenvalue weighted by atomic mass is 10.0. The molecule has 1 aliphatic rings. The summed E-state index contributed by atoms with van der Waals surface area (Å²) in [6, 6.07) is 8.67. The van der Waals surface area contributed by atoms with Crippen molar-refractivity contribution in [3.8, 4) is 0 Å². The van der Waals surface area contributed by atoms with Gasteiger partial charge < -0.3 is 33.8 Å². The lowest BCUT2D eigenvalue weighted by Gasteiger charge is -2.25. The molecule has 4 rings (SSSR count). The quantitative estimate of drug-likeness (QED) is 0.0220. The van der Waals surface area contributed by atoms with E-state index in [0.717, 1.165) is 65.2 Å². The highest BCUT2D eigenvalue weighted by Gasteiger charge is 2.20. The van der Waals surface area contributed by atoms with Crippen LogP contribution < -0.4 is 24.8 Å². The number of aliphatic carboxylic acids is 1. The number of nitrogens with zero attached hydrogens (tertiary/aromatic N) is 5. The Morgan fingerprint density at radius 1 is 1.12 bits per heavy atom. The van der Waals surface area contributed by atoms with Crippen molar-refractivity contribution in [2.75, 3.05) is 81.7 Å². The van der Waals surface area contributed by atoms with E-state index in [1.54, 1.807) is 26.4 Å². The number of carbonyl (C=O) groups excluding carboxylic acids is 3. The van der Waals surface area contributed by atoms with E-state index in [9.17, 15) is 37.8 Å². The topological polar surface area (TPSA) is 225 Å². The molecule has 388 valence electrons. The average molecular weight is 1130 g/mol. The minimum atomic E-state index is -4.35. The van der Waals surface area contributed by atoms with Gasteiger partial charge in [0.25, 0.3) is 5.91 Å². The van der Waals surface area contributed by atoms with Gasteiger partial charge in [0.1, 0.15) is 31.7 Å². The Morgan fingerprint density at radius 3 is 2.20 bits per heavy atom. The van der Waals surface area contributed by atoms with Gasteiger partial charge in [-0.2, -0.15) is 0 Å². The molecule has 0 aliphatic carbocycles. The van der Waals surface area contributed by atoms with Crippen LogP contribution in [0.3, 0.4) is 0 Å². The molecule has 0 saturated carbocycles. The maximum Gasteiger partial charge on any atom is 0.325 e. The van der Waals surface area contributed by atoms with E-state index >= 15 is 0 Å². The summed E-state index contributed by atoms with van der Waals surface area (Å²) in [4.78, 5) is 81.5. The van der Waals surface area contributed by atoms with Crippen molar-refractivity contribution in [2.45, 2.75) is 62.9 Å². The first-order chi connectivity index (χ1) is 32.4. The van der Waals surface area contributed by atoms with Crippen LogP contribution in [0.15, 0.2) is 70.3 Å². The van der Waals surface area contributed by atoms with E-state index in [0.29, 0.717) is 53.4 Å². The summed E-state index contributed by atoms with van der Waals surface area (Å²) >= 11 is 24.6. The first-order valence-electron chi connectivity index (χ1n) is 20.7. The second-order valence-electron chi connectivity index (χ2n) is 14.3. The molecule has 2 aromatic carbocycles. The number of rotatable bonds is 19. The highest BCUT2D eigenvalue weighted by Crippen LogP contribution is 2.33. The van der Waals surface area contributed by atoms with Crippen molar-refractivity contribution in [1.82, 2.24) is 19.6 Å². The Morgan fingerprint density at radius 2 is 1.71 bits per heavy atom. The molecule has 1 aromatic heterocycles. The van der Waals surface area contributed by atoms with Crippen molar-refractivity contribution in [2.24, 2.45) is 4.99 Å². The standard InChI is InChI=1S/C15H15ClFN3O3S2.C14H20ClNO2.C8H11Cl2NO.C3H8NO5P.C3H9S/c1-23-13(21)8-24-12-7-11(10(17)6-9(12)16)18-14-19-4-2-3-5-20(19)15(22)25-14;1-4-12-8-6-7-11(3)14(12)16(10-18-5-2)13(17)9-15;1-3-5-11(6-4-2)8(12)7(9)10;5-3(6)1-4-2-10(7,8)9;1-4(2)3/h6-7H,2-5,8H2,1H3;6-8H,4-5,9-10H2,1-3H3;3-4,7H,1-2,5-6H2;4H,1-2H2,(H,5,6)(H2,7,8,9);1-3H3/q;;;;+1/p-1/b18-14-;;;;. The van der Waals surface area contributed by atoms with Gasteiger partial charge in [-0.3, -0.25) is 38.9 Å². The Hall–Kier alpha value is -3.18. The number of nitrogens with one attached hydrogen (secondary N) is 1. The van der Waals surface area contributed by atoms with Gasteiger partial charge in [-0.15, -0.1) is 36.5 Å². The minimum Gasteiger partial charge on any atom is -0.778 e. The number of hydrogen-bond acceptors (Lipinski definition) is 13. The number of alkyl halides is 3. The van der Waals surface area contributed by atoms with Crippen molar-refractivity contribution in [3.63, 3.8) is 0 Å². The number of fused-ring (bicyclic) bond motifs is 1. The highest BCUT2D eigenvalue weighted by atomic mass is 35.5. The number of carboxylic acids is 1. The number of thioether (sulfide) groups is 1. The maximum atomic E-state index is 14.3. The van der Waals surface area contributed by atoms with Gasteiger partial charge in [-0.05, 0) is 78.6 Å². The highest BCUT2D eigenvalue weighted by molar-refractivity contribution is 8.00. The van der Waals surface area contributed by atoms with Crippen LogP contribution >= 0.6 is 77.1 Å². The zero-order chi connectivity index (χ0) is 52.9. The van der Waals surface area contributed by atoms with Crippen LogP contribution in [0.4, 0.5) is 15.8 Å². The fraction of sp³-hybridized carbons (Fsp3) is 0.488. The number of anilines is 1. The van der Waals surface area contributed by atoms with E-state index in [-0.39, 0.29) is 45.8 Å². The minimum absolute atomic E-state index is 0.0371. The molecule has 2 amide bonds. The van der Waals surface area contributed by atoms with E-state index in [2.05, 4.69) is 48.6 Å². The van der Waals surface area contributed by atoms with Crippen LogP contribution in [0.1, 0.15) is 37.8 Å². The Balaban J connectivity index is 0.000000924. The largest absolute Gasteiger partial charge is 0.778 e. The number of aromatic nitrogens is 2. The zero-order valence-electron chi connectivity index (χ0n) is 39.6. The third kappa shape index (κ3) is 26.7. The molecule has 0 fully saturated rings. The molecule has 69 heavy (non-hydrogen) atoms. The molecule has 0 spiro atoms. The molecule has 0 bridgehead atoms. The number of ether oxygens (including phenoxy) is 2. The Labute approximate surface area is 434 Å². The van der Waals surface area contributed by atoms with Gasteiger partial charge in [0, 0.05) is 37.7 Å². The summed E-state index contributed by atoms with van der Waals surface area (Å²) in [6.07, 6.45) is 11.9. The van der Waals surface area contributed by atoms with Crippen LogP contribution in [0, 0.1) is 12.7 Å². The molecule has 1 atom stereocenters. The van der Waals surface area contributed by atoms with Gasteiger partial charge >= 0.3 is 16.8 Å². The van der Waals surface area contributed by atoms with E-state index < -0.39 is 43.0 Å². The average Bonchev–Trinajstić information content (AvgIpc) is 3.60. The molecule has 3 N–H and O–H groups in total. The molecule has 3 aromatic rings. The summed E-state index contributed by atoms with van der Waals surface area (Å²) in [5, 5.41) is 10.2. The van der Waals surface area contributed by atoms with Crippen molar-refractivity contribution >= 4 is 123 Å². The zero-order valence-corrected chi connectivity index (χ0v) is 46.0. The molecular formula is C43H62Cl4FN6O11PS3. The number of esters is 1. The lowest BCUT2D eigenvalue weighted by Crippen LogP contribution is -2.35. The molecule has 0 radical (unpaired) electrons. The van der Waals surface area contributed by atoms with Crippen molar-refractivity contribution in [1.29, 1.82) is 0 Å². The summed E-state index contributed by atoms with van der Waals surface area (Å²) in [5.74, 6) is -2.58. The van der Waals surface area contributed by atoms with Crippen LogP contribution in [-0.4, -0.2) is 130 Å². The van der Waals surface area contributed by atoms with Gasteiger partial charge in [-0.1, -0.05) is 72.1 Å². The number of carboxylic acid groups (broad SMARTS) is 1. The van der Waals surface area contributed by atoms with Crippen molar-refractivity contribution in [3.05, 3.63) is 92.1 Å². The second kappa shape index (κ2) is 35.8. The lowest BCUT2D eigenvalue weighted by molar-refractivity contribution is -0.193. The van der Waals surface area contributed by atoms with Crippen LogP contribution in [-0.2, 0) is 63.6 Å². The number of aryl methyl sites for hydroxylation is 2. The molecule has 26 heteroatoms. The molecule has 2 heterocycles. The molecular weight excluding hydrogens is 1060 g/mol. The smallest absolute Gasteiger partial charge is 0.325 e. The number of benzene rings is 2. The van der Waals surface area contributed by atoms with Gasteiger partial charge in [0.2, 0.25) is 10.7 Å². The van der Waals surface area contributed by atoms with E-state index in [4.69, 9.17) is 61.1 Å². The molecule has 17 nitrogen and oxygen atoms in total. The van der Waals surface area contributed by atoms with E-state index in [1.165, 1.54) is 18.1 Å². The normalized spacial score (nSPS) is 12.5. The van der Waals surface area contributed by atoms with Crippen LogP contribution in [0.25, 0.3) is 0 Å². The number of halogens is 5. The van der Waals surface area contributed by atoms with Gasteiger partial charge in [0.15, 0.2) is 4.84 Å². The number of para-hydroxylation sites is 1. The third-order valence-corrected chi connectivity index (χ3v) is 11.8. The maximum absolute atomic E-state index is 14.3. The molecule has 0 saturated heterocycles. The van der Waals surface area contributed by atoms with Crippen LogP contribution in [0.5, 0.6) is 0 Å². The monoisotopic (exact) mass is 1120 g/mol. The first-order valence-corrected chi connectivity index (χ1v) is 28.5. The fourth-order valence-electron chi connectivity index (χ4n) is 5.35. The first kappa shape index (κ1) is 65.8. The number of amides is 2. The number of carbonyl (C=O) groups is 4. The Kier molecular flexibility index (Phi) is 34.2. The fourth-order valence-corrected chi connectivity index (χ4v) is 8.15. The van der Waals surface area contributed by atoms with Crippen molar-refractivity contribution < 1.29 is 52.5 Å². The third-order valence-electron chi connectivity index (χ3n) is 8.28. The number of methoxy groups -OCH3 is 1. The Bertz CT molecular complexity index is 2280. The van der Waals surface area contributed by atoms with Gasteiger partial charge in [0.05, 0.1) is 55.2 Å². The van der Waals surface area contributed by atoms with E-state index in [1.807, 2.05) is 37.4 Å². The summed E-state index contributed by atoms with van der Waals surface area (Å²) < 4.78 is 37.6. The summed E-state index contributed by atoms with van der Waals surface area (Å²) in [6.45, 7) is 15.5. The second-order valence-corrected chi connectivity index (χ2v) is 22.0. The van der Waals surface area contributed by atoms with Crippen LogP contribution in [0.2, 0.25) is 5.02 Å². The molecule has 1 aliphatic heterocycles. The summed E-state index contributed by atoms with van der Waals surface area (Å²) in [7, 11) is -2.41. The summed E-state index contributed by atoms with van der Waals surface area (Å²) in [5.41, 5.74) is 3.21.